The average Bonchev–Trinajstić information content (AvgIpc) is 3.19. The topological polar surface area (TPSA) is 72.1 Å². The Morgan fingerprint density at radius 1 is 1.03 bits per heavy atom. The van der Waals surface area contributed by atoms with Crippen LogP contribution in [0.25, 0.3) is 16.8 Å². The molecule has 10 heteroatoms. The van der Waals surface area contributed by atoms with Crippen LogP contribution in [-0.4, -0.2) is 36.3 Å². The lowest BCUT2D eigenvalue weighted by molar-refractivity contribution is -0.141. The van der Waals surface area contributed by atoms with E-state index >= 15 is 0 Å². The minimum Gasteiger partial charge on any atom is -0.350 e. The van der Waals surface area contributed by atoms with Crippen LogP contribution in [0.3, 0.4) is 0 Å². The summed E-state index contributed by atoms with van der Waals surface area (Å²) < 4.78 is 39.9. The number of rotatable bonds is 2. The first-order chi connectivity index (χ1) is 14.4. The zero-order chi connectivity index (χ0) is 20.9. The van der Waals surface area contributed by atoms with Crippen molar-refractivity contribution in [1.29, 1.82) is 0 Å². The van der Waals surface area contributed by atoms with E-state index in [0.717, 1.165) is 47.2 Å². The molecular formula is C20H16F3N7. The maximum atomic E-state index is 12.8. The molecule has 1 aliphatic heterocycles. The summed E-state index contributed by atoms with van der Waals surface area (Å²) in [6.07, 6.45) is 0.781. The zero-order valence-electron chi connectivity index (χ0n) is 15.9. The third-order valence-corrected chi connectivity index (χ3v) is 5.18. The molecule has 0 aliphatic carbocycles. The molecule has 0 fully saturated rings. The molecule has 0 atom stereocenters. The Morgan fingerprint density at radius 3 is 2.63 bits per heavy atom. The van der Waals surface area contributed by atoms with E-state index in [-0.39, 0.29) is 0 Å². The average molecular weight is 411 g/mol. The smallest absolute Gasteiger partial charge is 0.350 e. The Morgan fingerprint density at radius 2 is 1.87 bits per heavy atom. The second-order valence-electron chi connectivity index (χ2n) is 7.22. The minimum atomic E-state index is -4.45. The van der Waals surface area contributed by atoms with Crippen LogP contribution < -0.4 is 4.90 Å². The van der Waals surface area contributed by atoms with Crippen molar-refractivity contribution in [2.75, 3.05) is 11.4 Å². The third-order valence-electron chi connectivity index (χ3n) is 5.18. The highest BCUT2D eigenvalue weighted by molar-refractivity contribution is 5.63. The summed E-state index contributed by atoms with van der Waals surface area (Å²) in [6.45, 7) is 3.35. The Hall–Kier alpha value is -3.56. The molecule has 0 unspecified atom stereocenters. The van der Waals surface area contributed by atoms with Crippen LogP contribution in [0.2, 0.25) is 0 Å². The van der Waals surface area contributed by atoms with E-state index in [1.165, 1.54) is 12.3 Å². The molecule has 0 amide bonds. The first-order valence-corrected chi connectivity index (χ1v) is 9.32. The first-order valence-electron chi connectivity index (χ1n) is 9.32. The maximum Gasteiger partial charge on any atom is 0.433 e. The largest absolute Gasteiger partial charge is 0.433 e. The van der Waals surface area contributed by atoms with E-state index < -0.39 is 11.9 Å². The van der Waals surface area contributed by atoms with E-state index in [0.29, 0.717) is 17.8 Å². The third kappa shape index (κ3) is 3.23. The van der Waals surface area contributed by atoms with Crippen molar-refractivity contribution in [3.8, 4) is 11.1 Å². The summed E-state index contributed by atoms with van der Waals surface area (Å²) in [4.78, 5) is 10.2. The second-order valence-corrected chi connectivity index (χ2v) is 7.22. The van der Waals surface area contributed by atoms with Gasteiger partial charge in [-0.2, -0.15) is 17.7 Å². The summed E-state index contributed by atoms with van der Waals surface area (Å²) >= 11 is 0. The van der Waals surface area contributed by atoms with E-state index in [4.69, 9.17) is 0 Å². The predicted molar refractivity (Wildman–Crippen MR) is 103 cm³/mol. The fourth-order valence-electron chi connectivity index (χ4n) is 3.66. The van der Waals surface area contributed by atoms with Crippen LogP contribution >= 0.6 is 0 Å². The van der Waals surface area contributed by atoms with Crippen molar-refractivity contribution in [3.63, 3.8) is 0 Å². The maximum absolute atomic E-state index is 12.8. The highest BCUT2D eigenvalue weighted by atomic mass is 19.4. The number of nitrogens with zero attached hydrogens (tertiary/aromatic N) is 7. The highest BCUT2D eigenvalue weighted by Gasteiger charge is 2.32. The number of pyridine rings is 2. The molecule has 0 bridgehead atoms. The van der Waals surface area contributed by atoms with Crippen LogP contribution in [0.5, 0.6) is 0 Å². The molecule has 7 nitrogen and oxygen atoms in total. The van der Waals surface area contributed by atoms with Crippen LogP contribution in [-0.2, 0) is 19.1 Å². The van der Waals surface area contributed by atoms with Gasteiger partial charge in [-0.1, -0.05) is 6.07 Å². The molecule has 0 N–H and O–H groups in total. The fraction of sp³-hybridized carbons (Fsp3) is 0.250. The molecule has 0 saturated carbocycles. The Labute approximate surface area is 169 Å². The Balaban J connectivity index is 1.45. The Bertz CT molecular complexity index is 1230. The number of hydrogen-bond donors (Lipinski definition) is 0. The molecule has 0 spiro atoms. The number of aromatic nitrogens is 6. The van der Waals surface area contributed by atoms with Gasteiger partial charge in [-0.15, -0.1) is 15.3 Å². The lowest BCUT2D eigenvalue weighted by Crippen LogP contribution is -2.32. The standard InChI is InChI=1S/C20H16F3N7/c1-12-6-18-27-26-11-30(18)28-19(12)29-5-4-16-15(10-29)7-14(9-24-16)13-2-3-17(25-8-13)20(21,22)23/h2-3,6-9,11H,4-5,10H2,1H3. The fourth-order valence-corrected chi connectivity index (χ4v) is 3.66. The van der Waals surface area contributed by atoms with Gasteiger partial charge in [-0.05, 0) is 36.2 Å². The summed E-state index contributed by atoms with van der Waals surface area (Å²) in [5.74, 6) is 0.842. The first kappa shape index (κ1) is 18.5. The lowest BCUT2D eigenvalue weighted by atomic mass is 10.0. The predicted octanol–water partition coefficient (Wildman–Crippen LogP) is 3.47. The van der Waals surface area contributed by atoms with Gasteiger partial charge < -0.3 is 4.90 Å². The van der Waals surface area contributed by atoms with Gasteiger partial charge in [-0.25, -0.2) is 0 Å². The van der Waals surface area contributed by atoms with Gasteiger partial charge in [0.2, 0.25) is 0 Å². The van der Waals surface area contributed by atoms with Crippen LogP contribution in [0.1, 0.15) is 22.5 Å². The molecule has 4 aromatic heterocycles. The summed E-state index contributed by atoms with van der Waals surface area (Å²) in [6, 6.07) is 6.31. The van der Waals surface area contributed by atoms with Crippen molar-refractivity contribution in [2.24, 2.45) is 0 Å². The molecule has 5 heterocycles. The summed E-state index contributed by atoms with van der Waals surface area (Å²) in [5.41, 5.74) is 4.10. The van der Waals surface area contributed by atoms with Gasteiger partial charge in [-0.3, -0.25) is 9.97 Å². The minimum absolute atomic E-state index is 0.593. The number of anilines is 1. The van der Waals surface area contributed by atoms with Crippen LogP contribution in [0.4, 0.5) is 19.0 Å². The van der Waals surface area contributed by atoms with Crippen molar-refractivity contribution >= 4 is 11.5 Å². The van der Waals surface area contributed by atoms with Gasteiger partial charge in [0.25, 0.3) is 0 Å². The number of halogens is 3. The number of hydrogen-bond acceptors (Lipinski definition) is 6. The summed E-state index contributed by atoms with van der Waals surface area (Å²) in [7, 11) is 0. The van der Waals surface area contributed by atoms with Crippen molar-refractivity contribution < 1.29 is 13.2 Å². The molecule has 5 rings (SSSR count). The molecule has 30 heavy (non-hydrogen) atoms. The van der Waals surface area contributed by atoms with Crippen molar-refractivity contribution in [1.82, 2.24) is 29.8 Å². The number of aryl methyl sites for hydroxylation is 1. The van der Waals surface area contributed by atoms with E-state index in [9.17, 15) is 13.2 Å². The summed E-state index contributed by atoms with van der Waals surface area (Å²) in [5, 5.41) is 12.5. The molecule has 0 saturated heterocycles. The molecule has 4 aromatic rings. The van der Waals surface area contributed by atoms with Gasteiger partial charge >= 0.3 is 6.18 Å². The Kier molecular flexibility index (Phi) is 4.16. The van der Waals surface area contributed by atoms with Crippen molar-refractivity contribution in [2.45, 2.75) is 26.1 Å². The van der Waals surface area contributed by atoms with Gasteiger partial charge in [0, 0.05) is 48.7 Å². The quantitative estimate of drug-likeness (QED) is 0.503. The molecule has 0 aromatic carbocycles. The molecule has 152 valence electrons. The van der Waals surface area contributed by atoms with Gasteiger partial charge in [0.15, 0.2) is 11.5 Å². The zero-order valence-corrected chi connectivity index (χ0v) is 15.9. The monoisotopic (exact) mass is 411 g/mol. The van der Waals surface area contributed by atoms with Gasteiger partial charge in [0.05, 0.1) is 0 Å². The highest BCUT2D eigenvalue weighted by Crippen LogP contribution is 2.31. The normalized spacial score (nSPS) is 14.2. The number of alkyl halides is 3. The molecule has 0 radical (unpaired) electrons. The van der Waals surface area contributed by atoms with Crippen LogP contribution in [0.15, 0.2) is 43.0 Å². The lowest BCUT2D eigenvalue weighted by Gasteiger charge is -2.30. The van der Waals surface area contributed by atoms with Crippen molar-refractivity contribution in [3.05, 3.63) is 65.5 Å². The van der Waals surface area contributed by atoms with Gasteiger partial charge in [0.1, 0.15) is 12.0 Å². The van der Waals surface area contributed by atoms with Crippen LogP contribution in [0, 0.1) is 6.92 Å². The number of fused-ring (bicyclic) bond motifs is 2. The molecule has 1 aliphatic rings. The second kappa shape index (κ2) is 6.75. The SMILES string of the molecule is Cc1cc2nncn2nc1N1CCc2ncc(-c3ccc(C(F)(F)F)nc3)cc2C1. The van der Waals surface area contributed by atoms with E-state index in [1.54, 1.807) is 17.0 Å². The van der Waals surface area contributed by atoms with E-state index in [2.05, 4.69) is 30.2 Å². The van der Waals surface area contributed by atoms with E-state index in [1.807, 2.05) is 19.1 Å². The molecular weight excluding hydrogens is 395 g/mol.